The maximum Gasteiger partial charge on any atom is 0.192 e. The summed E-state index contributed by atoms with van der Waals surface area (Å²) in [6, 6.07) is 21.1. The van der Waals surface area contributed by atoms with E-state index < -0.39 is 6.04 Å². The summed E-state index contributed by atoms with van der Waals surface area (Å²) < 4.78 is 10.9. The zero-order valence-electron chi connectivity index (χ0n) is 19.1. The van der Waals surface area contributed by atoms with Crippen LogP contribution in [0.25, 0.3) is 0 Å². The molecule has 1 unspecified atom stereocenters. The third-order valence-electron chi connectivity index (χ3n) is 5.19. The molecule has 0 saturated heterocycles. The van der Waals surface area contributed by atoms with E-state index in [1.54, 1.807) is 37.4 Å². The minimum Gasteiger partial charge on any atom is -0.497 e. The number of ketones is 1. The molecule has 7 heteroatoms. The van der Waals surface area contributed by atoms with Gasteiger partial charge in [0.05, 0.1) is 25.0 Å². The molecule has 34 heavy (non-hydrogen) atoms. The Bertz CT molecular complexity index is 1160. The molecule has 3 aromatic rings. The van der Waals surface area contributed by atoms with Crippen molar-refractivity contribution in [3.8, 4) is 11.5 Å². The molecule has 0 heterocycles. The number of ether oxygens (including phenoxy) is 2. The van der Waals surface area contributed by atoms with E-state index in [2.05, 4.69) is 17.9 Å². The van der Waals surface area contributed by atoms with Gasteiger partial charge in [0, 0.05) is 29.4 Å². The molecule has 3 rings (SSSR count). The summed E-state index contributed by atoms with van der Waals surface area (Å²) in [4.78, 5) is 13.8. The Kier molecular flexibility index (Phi) is 8.90. The van der Waals surface area contributed by atoms with Crippen LogP contribution in [0.1, 0.15) is 22.7 Å². The van der Waals surface area contributed by atoms with Gasteiger partial charge in [-0.25, -0.2) is 0 Å². The Hall–Kier alpha value is -3.55. The highest BCUT2D eigenvalue weighted by molar-refractivity contribution is 7.83. The lowest BCUT2D eigenvalue weighted by atomic mass is 9.92. The van der Waals surface area contributed by atoms with Gasteiger partial charge in [-0.05, 0) is 17.9 Å². The third-order valence-corrected chi connectivity index (χ3v) is 5.44. The Morgan fingerprint density at radius 1 is 1.09 bits per heavy atom. The molecule has 0 fully saturated rings. The fourth-order valence-electron chi connectivity index (χ4n) is 3.41. The Labute approximate surface area is 205 Å². The average molecular weight is 477 g/mol. The van der Waals surface area contributed by atoms with Crippen LogP contribution in [0.5, 0.6) is 11.5 Å². The fraction of sp³-hybridized carbons (Fsp3) is 0.185. The molecule has 0 radical (unpaired) electrons. The first kappa shape index (κ1) is 25.1. The van der Waals surface area contributed by atoms with Gasteiger partial charge in [-0.3, -0.25) is 10.2 Å². The molecule has 1 atom stereocenters. The van der Waals surface area contributed by atoms with Crippen LogP contribution in [-0.4, -0.2) is 36.9 Å². The first-order valence-corrected chi connectivity index (χ1v) is 11.3. The standard InChI is InChI=1S/C27H28N2O4S/c1-18-8-10-20(11-9-18)26(27(31)24(17-34)25(28)19-6-4-3-5-7-19)29-21-14-22(32-2)16-23(15-21)33-13-12-30/h3-11,14-17,26,28-30,34H,12-13H2,1-2H3/b24-17+,28-25?. The molecule has 3 N–H and O–H groups in total. The number of Topliss-reactive ketones (excluding diaryl/α,β-unsaturated/α-hetero) is 1. The number of anilines is 1. The highest BCUT2D eigenvalue weighted by atomic mass is 32.1. The lowest BCUT2D eigenvalue weighted by Crippen LogP contribution is -2.26. The average Bonchev–Trinajstić information content (AvgIpc) is 2.87. The number of benzene rings is 3. The Morgan fingerprint density at radius 3 is 2.38 bits per heavy atom. The molecule has 6 nitrogen and oxygen atoms in total. The molecule has 3 aromatic carbocycles. The summed E-state index contributed by atoms with van der Waals surface area (Å²) in [6.07, 6.45) is 0. The van der Waals surface area contributed by atoms with Gasteiger partial charge in [-0.1, -0.05) is 60.2 Å². The summed E-state index contributed by atoms with van der Waals surface area (Å²) in [6.45, 7) is 1.99. The van der Waals surface area contributed by atoms with Crippen LogP contribution >= 0.6 is 12.6 Å². The second-order valence-corrected chi connectivity index (χ2v) is 7.86. The van der Waals surface area contributed by atoms with Crippen molar-refractivity contribution in [1.29, 1.82) is 5.41 Å². The third kappa shape index (κ3) is 6.27. The van der Waals surface area contributed by atoms with E-state index in [1.807, 2.05) is 49.4 Å². The summed E-state index contributed by atoms with van der Waals surface area (Å²) >= 11 is 4.27. The van der Waals surface area contributed by atoms with Gasteiger partial charge in [0.1, 0.15) is 24.1 Å². The van der Waals surface area contributed by atoms with Crippen molar-refractivity contribution >= 4 is 29.8 Å². The maximum atomic E-state index is 13.8. The van der Waals surface area contributed by atoms with Crippen molar-refractivity contribution in [2.75, 3.05) is 25.6 Å². The fourth-order valence-corrected chi connectivity index (χ4v) is 3.67. The van der Waals surface area contributed by atoms with Crippen LogP contribution in [0.2, 0.25) is 0 Å². The maximum absolute atomic E-state index is 13.8. The van der Waals surface area contributed by atoms with Gasteiger partial charge >= 0.3 is 0 Å². The molecule has 0 aliphatic heterocycles. The van der Waals surface area contributed by atoms with E-state index in [4.69, 9.17) is 20.0 Å². The zero-order valence-corrected chi connectivity index (χ0v) is 20.0. The van der Waals surface area contributed by atoms with Crippen molar-refractivity contribution in [3.05, 3.63) is 100 Å². The molecule has 0 aliphatic carbocycles. The number of hydrogen-bond donors (Lipinski definition) is 4. The molecule has 0 aromatic heterocycles. The van der Waals surface area contributed by atoms with Crippen molar-refractivity contribution < 1.29 is 19.4 Å². The number of aliphatic hydroxyl groups is 1. The molecule has 0 saturated carbocycles. The van der Waals surface area contributed by atoms with Gasteiger partial charge in [-0.2, -0.15) is 12.6 Å². The van der Waals surface area contributed by atoms with E-state index in [0.29, 0.717) is 22.7 Å². The van der Waals surface area contributed by atoms with E-state index in [0.717, 1.165) is 11.1 Å². The van der Waals surface area contributed by atoms with Crippen LogP contribution in [0.4, 0.5) is 5.69 Å². The molecule has 0 bridgehead atoms. The number of nitrogens with one attached hydrogen (secondary N) is 2. The van der Waals surface area contributed by atoms with Crippen LogP contribution in [0.15, 0.2) is 83.8 Å². The van der Waals surface area contributed by atoms with Crippen LogP contribution < -0.4 is 14.8 Å². The minimum atomic E-state index is -0.791. The number of aliphatic hydroxyl groups excluding tert-OH is 1. The number of aryl methyl sites for hydroxylation is 1. The monoisotopic (exact) mass is 476 g/mol. The summed E-state index contributed by atoms with van der Waals surface area (Å²) in [5.41, 5.74) is 3.31. The number of carbonyl (C=O) groups is 1. The molecule has 0 spiro atoms. The lowest BCUT2D eigenvalue weighted by molar-refractivity contribution is -0.115. The summed E-state index contributed by atoms with van der Waals surface area (Å²) in [5.74, 6) is 0.733. The highest BCUT2D eigenvalue weighted by Crippen LogP contribution is 2.31. The first-order chi connectivity index (χ1) is 16.5. The smallest absolute Gasteiger partial charge is 0.192 e. The lowest BCUT2D eigenvalue weighted by Gasteiger charge is -2.22. The van der Waals surface area contributed by atoms with Crippen LogP contribution in [0, 0.1) is 12.3 Å². The quantitative estimate of drug-likeness (QED) is 0.178. The predicted octanol–water partition coefficient (Wildman–Crippen LogP) is 4.98. The highest BCUT2D eigenvalue weighted by Gasteiger charge is 2.27. The van der Waals surface area contributed by atoms with Gasteiger partial charge in [0.2, 0.25) is 0 Å². The Balaban J connectivity index is 2.00. The summed E-state index contributed by atoms with van der Waals surface area (Å²) in [7, 11) is 1.54. The minimum absolute atomic E-state index is 0.0946. The van der Waals surface area contributed by atoms with Gasteiger partial charge in [-0.15, -0.1) is 0 Å². The van der Waals surface area contributed by atoms with Gasteiger partial charge < -0.3 is 19.9 Å². The van der Waals surface area contributed by atoms with E-state index in [9.17, 15) is 4.79 Å². The number of thiol groups is 1. The molecular weight excluding hydrogens is 448 g/mol. The molecule has 176 valence electrons. The van der Waals surface area contributed by atoms with Crippen molar-refractivity contribution in [1.82, 2.24) is 0 Å². The second-order valence-electron chi connectivity index (χ2n) is 7.61. The van der Waals surface area contributed by atoms with Crippen molar-refractivity contribution in [3.63, 3.8) is 0 Å². The Morgan fingerprint density at radius 2 is 1.76 bits per heavy atom. The number of carbonyl (C=O) groups excluding carboxylic acids is 1. The van der Waals surface area contributed by atoms with E-state index in [-0.39, 0.29) is 30.3 Å². The molecule has 0 amide bonds. The number of hydrogen-bond acceptors (Lipinski definition) is 7. The van der Waals surface area contributed by atoms with Crippen LogP contribution in [-0.2, 0) is 4.79 Å². The summed E-state index contributed by atoms with van der Waals surface area (Å²) in [5, 5.41) is 22.4. The predicted molar refractivity (Wildman–Crippen MR) is 138 cm³/mol. The largest absolute Gasteiger partial charge is 0.497 e. The van der Waals surface area contributed by atoms with E-state index in [1.165, 1.54) is 5.41 Å². The number of methoxy groups -OCH3 is 1. The first-order valence-electron chi connectivity index (χ1n) is 10.8. The second kappa shape index (κ2) is 12.1. The zero-order chi connectivity index (χ0) is 24.5. The topological polar surface area (TPSA) is 91.6 Å². The van der Waals surface area contributed by atoms with Crippen molar-refractivity contribution in [2.45, 2.75) is 13.0 Å². The van der Waals surface area contributed by atoms with Gasteiger partial charge in [0.15, 0.2) is 5.78 Å². The SMILES string of the molecule is COc1cc(NC(C(=O)/C(=C/S)C(=N)c2ccccc2)c2ccc(C)cc2)cc(OCCO)c1. The normalized spacial score (nSPS) is 12.1. The molecule has 0 aliphatic rings. The van der Waals surface area contributed by atoms with Crippen molar-refractivity contribution in [2.24, 2.45) is 0 Å². The van der Waals surface area contributed by atoms with E-state index >= 15 is 0 Å². The van der Waals surface area contributed by atoms with Crippen LogP contribution in [0.3, 0.4) is 0 Å². The van der Waals surface area contributed by atoms with Gasteiger partial charge in [0.25, 0.3) is 0 Å². The molecular formula is C27H28N2O4S. The number of rotatable bonds is 11.